The SMILES string of the molecule is CCc1cccc(NC(=O)CSc2nc3ccccc3n2C)c1. The van der Waals surface area contributed by atoms with Gasteiger partial charge in [0.1, 0.15) is 0 Å². The Kier molecular flexibility index (Phi) is 4.67. The van der Waals surface area contributed by atoms with Crippen molar-refractivity contribution in [2.24, 2.45) is 7.05 Å². The van der Waals surface area contributed by atoms with Crippen LogP contribution in [0.25, 0.3) is 11.0 Å². The molecule has 0 aliphatic rings. The number of thioether (sulfide) groups is 1. The van der Waals surface area contributed by atoms with Gasteiger partial charge in [0.2, 0.25) is 5.91 Å². The lowest BCUT2D eigenvalue weighted by Crippen LogP contribution is -2.14. The standard InChI is InChI=1S/C18H19N3OS/c1-3-13-7-6-8-14(11-13)19-17(22)12-23-18-20-15-9-4-5-10-16(15)21(18)2/h4-11H,3,12H2,1-2H3,(H,19,22). The van der Waals surface area contributed by atoms with Crippen LogP contribution in [0.4, 0.5) is 5.69 Å². The maximum atomic E-state index is 12.1. The van der Waals surface area contributed by atoms with E-state index in [9.17, 15) is 4.79 Å². The predicted molar refractivity (Wildman–Crippen MR) is 95.9 cm³/mol. The molecular formula is C18H19N3OS. The van der Waals surface area contributed by atoms with Gasteiger partial charge in [0.25, 0.3) is 0 Å². The van der Waals surface area contributed by atoms with Crippen LogP contribution in [0, 0.1) is 0 Å². The van der Waals surface area contributed by atoms with Gasteiger partial charge in [-0.15, -0.1) is 0 Å². The fourth-order valence-corrected chi connectivity index (χ4v) is 3.24. The number of rotatable bonds is 5. The molecule has 3 aromatic rings. The molecule has 0 fully saturated rings. The summed E-state index contributed by atoms with van der Waals surface area (Å²) in [6.45, 7) is 2.10. The lowest BCUT2D eigenvalue weighted by Gasteiger charge is -2.06. The first-order valence-electron chi connectivity index (χ1n) is 7.60. The van der Waals surface area contributed by atoms with E-state index >= 15 is 0 Å². The maximum Gasteiger partial charge on any atom is 0.234 e. The molecule has 0 radical (unpaired) electrons. The highest BCUT2D eigenvalue weighted by Gasteiger charge is 2.10. The second kappa shape index (κ2) is 6.87. The number of hydrogen-bond acceptors (Lipinski definition) is 3. The fourth-order valence-electron chi connectivity index (χ4n) is 2.45. The second-order valence-electron chi connectivity index (χ2n) is 5.33. The normalized spacial score (nSPS) is 10.9. The molecule has 0 saturated heterocycles. The van der Waals surface area contributed by atoms with Crippen molar-refractivity contribution >= 4 is 34.4 Å². The van der Waals surface area contributed by atoms with Crippen molar-refractivity contribution in [2.75, 3.05) is 11.1 Å². The third kappa shape index (κ3) is 3.56. The Morgan fingerprint density at radius 1 is 1.22 bits per heavy atom. The minimum Gasteiger partial charge on any atom is -0.325 e. The van der Waals surface area contributed by atoms with Gasteiger partial charge in [-0.1, -0.05) is 43.0 Å². The Bertz CT molecular complexity index is 841. The van der Waals surface area contributed by atoms with Crippen molar-refractivity contribution in [3.05, 3.63) is 54.1 Å². The third-order valence-electron chi connectivity index (χ3n) is 3.70. The molecule has 0 aliphatic carbocycles. The van der Waals surface area contributed by atoms with Crippen LogP contribution in [-0.2, 0) is 18.3 Å². The van der Waals surface area contributed by atoms with Crippen LogP contribution in [0.5, 0.6) is 0 Å². The summed E-state index contributed by atoms with van der Waals surface area (Å²) < 4.78 is 2.02. The van der Waals surface area contributed by atoms with Crippen LogP contribution in [0.3, 0.4) is 0 Å². The number of anilines is 1. The first-order valence-corrected chi connectivity index (χ1v) is 8.59. The molecule has 1 N–H and O–H groups in total. The first-order chi connectivity index (χ1) is 11.2. The number of para-hydroxylation sites is 2. The zero-order valence-corrected chi connectivity index (χ0v) is 14.1. The summed E-state index contributed by atoms with van der Waals surface area (Å²) in [7, 11) is 1.97. The van der Waals surface area contributed by atoms with Gasteiger partial charge in [-0.05, 0) is 36.2 Å². The van der Waals surface area contributed by atoms with Crippen LogP contribution >= 0.6 is 11.8 Å². The molecule has 3 rings (SSSR count). The molecule has 0 aliphatic heterocycles. The van der Waals surface area contributed by atoms with Gasteiger partial charge in [-0.25, -0.2) is 4.98 Å². The molecule has 0 spiro atoms. The summed E-state index contributed by atoms with van der Waals surface area (Å²) in [5, 5.41) is 3.79. The van der Waals surface area contributed by atoms with E-state index in [4.69, 9.17) is 0 Å². The largest absolute Gasteiger partial charge is 0.325 e. The van der Waals surface area contributed by atoms with E-state index in [-0.39, 0.29) is 5.91 Å². The van der Waals surface area contributed by atoms with Crippen molar-refractivity contribution < 1.29 is 4.79 Å². The van der Waals surface area contributed by atoms with Crippen molar-refractivity contribution in [3.63, 3.8) is 0 Å². The highest BCUT2D eigenvalue weighted by atomic mass is 32.2. The van der Waals surface area contributed by atoms with Crippen molar-refractivity contribution in [3.8, 4) is 0 Å². The molecule has 4 nitrogen and oxygen atoms in total. The summed E-state index contributed by atoms with van der Waals surface area (Å²) in [4.78, 5) is 16.7. The number of aryl methyl sites for hydroxylation is 2. The third-order valence-corrected chi connectivity index (χ3v) is 4.73. The average molecular weight is 325 g/mol. The number of amides is 1. The maximum absolute atomic E-state index is 12.1. The lowest BCUT2D eigenvalue weighted by molar-refractivity contribution is -0.113. The zero-order chi connectivity index (χ0) is 16.2. The summed E-state index contributed by atoms with van der Waals surface area (Å²) in [6, 6.07) is 15.9. The average Bonchev–Trinajstić information content (AvgIpc) is 2.90. The van der Waals surface area contributed by atoms with Gasteiger partial charge in [0, 0.05) is 12.7 Å². The molecule has 1 aromatic heterocycles. The van der Waals surface area contributed by atoms with Crippen molar-refractivity contribution in [2.45, 2.75) is 18.5 Å². The highest BCUT2D eigenvalue weighted by Crippen LogP contribution is 2.22. The van der Waals surface area contributed by atoms with E-state index in [1.165, 1.54) is 17.3 Å². The number of carbonyl (C=O) groups excluding carboxylic acids is 1. The van der Waals surface area contributed by atoms with Crippen LogP contribution in [-0.4, -0.2) is 21.2 Å². The molecular weight excluding hydrogens is 306 g/mol. The van der Waals surface area contributed by atoms with Crippen LogP contribution in [0.15, 0.2) is 53.7 Å². The molecule has 1 heterocycles. The van der Waals surface area contributed by atoms with Gasteiger partial charge in [0.05, 0.1) is 16.8 Å². The summed E-state index contributed by atoms with van der Waals surface area (Å²) in [5.74, 6) is 0.323. The molecule has 0 atom stereocenters. The van der Waals surface area contributed by atoms with Gasteiger partial charge in [-0.2, -0.15) is 0 Å². The topological polar surface area (TPSA) is 46.9 Å². The minimum absolute atomic E-state index is 0.0182. The molecule has 118 valence electrons. The van der Waals surface area contributed by atoms with Gasteiger partial charge >= 0.3 is 0 Å². The molecule has 0 bridgehead atoms. The lowest BCUT2D eigenvalue weighted by atomic mass is 10.1. The Balaban J connectivity index is 1.65. The number of hydrogen-bond donors (Lipinski definition) is 1. The molecule has 1 amide bonds. The van der Waals surface area contributed by atoms with Gasteiger partial charge in [-0.3, -0.25) is 4.79 Å². The number of nitrogens with one attached hydrogen (secondary N) is 1. The Morgan fingerprint density at radius 2 is 2.04 bits per heavy atom. The number of benzene rings is 2. The number of carbonyl (C=O) groups is 1. The zero-order valence-electron chi connectivity index (χ0n) is 13.2. The van der Waals surface area contributed by atoms with E-state index in [1.807, 2.05) is 54.1 Å². The number of nitrogens with zero attached hydrogens (tertiary/aromatic N) is 2. The summed E-state index contributed by atoms with van der Waals surface area (Å²) in [6.07, 6.45) is 0.957. The number of aromatic nitrogens is 2. The van der Waals surface area contributed by atoms with E-state index < -0.39 is 0 Å². The van der Waals surface area contributed by atoms with Gasteiger partial charge < -0.3 is 9.88 Å². The molecule has 23 heavy (non-hydrogen) atoms. The number of fused-ring (bicyclic) bond motifs is 1. The van der Waals surface area contributed by atoms with Crippen LogP contribution in [0.1, 0.15) is 12.5 Å². The van der Waals surface area contributed by atoms with Crippen molar-refractivity contribution in [1.29, 1.82) is 0 Å². The smallest absolute Gasteiger partial charge is 0.234 e. The fraction of sp³-hybridized carbons (Fsp3) is 0.222. The predicted octanol–water partition coefficient (Wildman–Crippen LogP) is 3.87. The summed E-state index contributed by atoms with van der Waals surface area (Å²) in [5.41, 5.74) is 4.09. The van der Waals surface area contributed by atoms with E-state index in [2.05, 4.69) is 23.3 Å². The highest BCUT2D eigenvalue weighted by molar-refractivity contribution is 7.99. The molecule has 5 heteroatoms. The molecule has 0 unspecified atom stereocenters. The Labute approximate surface area is 139 Å². The van der Waals surface area contributed by atoms with Crippen LogP contribution < -0.4 is 5.32 Å². The Morgan fingerprint density at radius 3 is 2.83 bits per heavy atom. The van der Waals surface area contributed by atoms with E-state index in [0.29, 0.717) is 5.75 Å². The first kappa shape index (κ1) is 15.6. The second-order valence-corrected chi connectivity index (χ2v) is 6.28. The molecule has 0 saturated carbocycles. The van der Waals surface area contributed by atoms with Gasteiger partial charge in [0.15, 0.2) is 5.16 Å². The Hall–Kier alpha value is -2.27. The minimum atomic E-state index is -0.0182. The van der Waals surface area contributed by atoms with Crippen LogP contribution in [0.2, 0.25) is 0 Å². The van der Waals surface area contributed by atoms with E-state index in [0.717, 1.165) is 28.3 Å². The van der Waals surface area contributed by atoms with Crippen molar-refractivity contribution in [1.82, 2.24) is 9.55 Å². The summed E-state index contributed by atoms with van der Waals surface area (Å²) >= 11 is 1.45. The quantitative estimate of drug-likeness (QED) is 0.725. The molecule has 2 aromatic carbocycles. The van der Waals surface area contributed by atoms with E-state index in [1.54, 1.807) is 0 Å². The monoisotopic (exact) mass is 325 g/mol. The number of imidazole rings is 1.